The zero-order valence-corrected chi connectivity index (χ0v) is 13.8. The molecule has 0 aliphatic heterocycles. The van der Waals surface area contributed by atoms with E-state index in [9.17, 15) is 4.79 Å². The van der Waals surface area contributed by atoms with Crippen molar-refractivity contribution in [1.29, 1.82) is 0 Å². The van der Waals surface area contributed by atoms with Crippen LogP contribution in [0.25, 0.3) is 0 Å². The van der Waals surface area contributed by atoms with Gasteiger partial charge in [0.1, 0.15) is 11.5 Å². The molecule has 4 nitrogen and oxygen atoms in total. The molecule has 3 rings (SSSR count). The lowest BCUT2D eigenvalue weighted by Crippen LogP contribution is -2.27. The number of methoxy groups -OCH3 is 2. The number of amides is 1. The van der Waals surface area contributed by atoms with Crippen molar-refractivity contribution in [3.05, 3.63) is 53.1 Å². The van der Waals surface area contributed by atoms with Gasteiger partial charge in [-0.1, -0.05) is 23.7 Å². The Kier molecular flexibility index (Phi) is 4.18. The van der Waals surface area contributed by atoms with Crippen LogP contribution >= 0.6 is 11.6 Å². The summed E-state index contributed by atoms with van der Waals surface area (Å²) < 4.78 is 10.3. The van der Waals surface area contributed by atoms with Gasteiger partial charge in [-0.15, -0.1) is 0 Å². The molecule has 0 aromatic heterocycles. The number of halogens is 1. The highest BCUT2D eigenvalue weighted by Crippen LogP contribution is 2.49. The molecular formula is C18H18ClNO3. The van der Waals surface area contributed by atoms with Crippen LogP contribution in [0.3, 0.4) is 0 Å². The van der Waals surface area contributed by atoms with E-state index in [2.05, 4.69) is 5.32 Å². The lowest BCUT2D eigenvalue weighted by Gasteiger charge is -2.16. The average Bonchev–Trinajstić information content (AvgIpc) is 3.37. The van der Waals surface area contributed by atoms with Crippen molar-refractivity contribution in [1.82, 2.24) is 0 Å². The summed E-state index contributed by atoms with van der Waals surface area (Å²) in [4.78, 5) is 12.7. The summed E-state index contributed by atoms with van der Waals surface area (Å²) in [6, 6.07) is 12.9. The van der Waals surface area contributed by atoms with Gasteiger partial charge >= 0.3 is 0 Å². The molecule has 23 heavy (non-hydrogen) atoms. The highest BCUT2D eigenvalue weighted by molar-refractivity contribution is 6.32. The smallest absolute Gasteiger partial charge is 0.235 e. The van der Waals surface area contributed by atoms with E-state index >= 15 is 0 Å². The maximum Gasteiger partial charge on any atom is 0.235 e. The van der Waals surface area contributed by atoms with Crippen LogP contribution in [0.15, 0.2) is 42.5 Å². The maximum atomic E-state index is 12.7. The van der Waals surface area contributed by atoms with Gasteiger partial charge in [0.25, 0.3) is 0 Å². The van der Waals surface area contributed by atoms with Crippen LogP contribution in [0.4, 0.5) is 5.69 Å². The molecule has 0 heterocycles. The van der Waals surface area contributed by atoms with E-state index in [-0.39, 0.29) is 5.91 Å². The molecule has 0 spiro atoms. The number of nitrogens with one attached hydrogen (secondary N) is 1. The monoisotopic (exact) mass is 331 g/mol. The quantitative estimate of drug-likeness (QED) is 0.900. The number of hydrogen-bond donors (Lipinski definition) is 1. The second kappa shape index (κ2) is 6.13. The Morgan fingerprint density at radius 3 is 2.30 bits per heavy atom. The minimum atomic E-state index is -0.446. The topological polar surface area (TPSA) is 47.6 Å². The van der Waals surface area contributed by atoms with Crippen LogP contribution < -0.4 is 14.8 Å². The van der Waals surface area contributed by atoms with E-state index in [1.165, 1.54) is 0 Å². The summed E-state index contributed by atoms with van der Waals surface area (Å²) in [6.07, 6.45) is 1.68. The van der Waals surface area contributed by atoms with Gasteiger partial charge in [-0.2, -0.15) is 0 Å². The molecule has 0 radical (unpaired) electrons. The fourth-order valence-electron chi connectivity index (χ4n) is 2.68. The zero-order chi connectivity index (χ0) is 16.4. The largest absolute Gasteiger partial charge is 0.497 e. The minimum Gasteiger partial charge on any atom is -0.497 e. The molecule has 120 valence electrons. The Morgan fingerprint density at radius 2 is 1.78 bits per heavy atom. The van der Waals surface area contributed by atoms with E-state index in [1.807, 2.05) is 24.3 Å². The summed E-state index contributed by atoms with van der Waals surface area (Å²) in [6.45, 7) is 0. The fraction of sp³-hybridized carbons (Fsp3) is 0.278. The molecule has 1 aliphatic rings. The minimum absolute atomic E-state index is 0.0103. The van der Waals surface area contributed by atoms with Gasteiger partial charge in [-0.05, 0) is 48.7 Å². The summed E-state index contributed by atoms with van der Waals surface area (Å²) in [5.41, 5.74) is 1.23. The SMILES string of the molecule is COc1ccc(C2(C(=O)Nc3ccc(OC)c(Cl)c3)CC2)cc1. The van der Waals surface area contributed by atoms with Crippen LogP contribution in [0.1, 0.15) is 18.4 Å². The highest BCUT2D eigenvalue weighted by atomic mass is 35.5. The number of benzene rings is 2. The Balaban J connectivity index is 1.78. The molecule has 1 N–H and O–H groups in total. The van der Waals surface area contributed by atoms with E-state index < -0.39 is 5.41 Å². The lowest BCUT2D eigenvalue weighted by atomic mass is 9.95. The van der Waals surface area contributed by atoms with Crippen LogP contribution in [0.5, 0.6) is 11.5 Å². The number of ether oxygens (including phenoxy) is 2. The molecule has 1 aliphatic carbocycles. The van der Waals surface area contributed by atoms with Crippen molar-refractivity contribution in [3.63, 3.8) is 0 Å². The molecule has 2 aromatic carbocycles. The number of anilines is 1. The number of carbonyl (C=O) groups is 1. The first-order valence-corrected chi connectivity index (χ1v) is 7.76. The molecule has 1 amide bonds. The Labute approximate surface area is 140 Å². The summed E-state index contributed by atoms with van der Waals surface area (Å²) in [5.74, 6) is 1.36. The first-order valence-electron chi connectivity index (χ1n) is 7.38. The third-order valence-corrected chi connectivity index (χ3v) is 4.53. The average molecular weight is 332 g/mol. The van der Waals surface area contributed by atoms with Gasteiger partial charge < -0.3 is 14.8 Å². The standard InChI is InChI=1S/C18H18ClNO3/c1-22-14-6-3-12(4-7-14)18(9-10-18)17(21)20-13-5-8-16(23-2)15(19)11-13/h3-8,11H,9-10H2,1-2H3,(H,20,21). The number of hydrogen-bond acceptors (Lipinski definition) is 3. The molecule has 0 atom stereocenters. The van der Waals surface area contributed by atoms with Crippen molar-refractivity contribution in [3.8, 4) is 11.5 Å². The number of rotatable bonds is 5. The normalized spacial score (nSPS) is 14.9. The van der Waals surface area contributed by atoms with E-state index in [1.54, 1.807) is 32.4 Å². The lowest BCUT2D eigenvalue weighted by molar-refractivity contribution is -0.118. The van der Waals surface area contributed by atoms with Crippen LogP contribution in [-0.2, 0) is 10.2 Å². The maximum absolute atomic E-state index is 12.7. The van der Waals surface area contributed by atoms with Gasteiger partial charge in [0, 0.05) is 5.69 Å². The van der Waals surface area contributed by atoms with Crippen molar-refractivity contribution < 1.29 is 14.3 Å². The van der Waals surface area contributed by atoms with Crippen LogP contribution in [0, 0.1) is 0 Å². The van der Waals surface area contributed by atoms with E-state index in [4.69, 9.17) is 21.1 Å². The Hall–Kier alpha value is -2.20. The third kappa shape index (κ3) is 2.99. The summed E-state index contributed by atoms with van der Waals surface area (Å²) in [5, 5.41) is 3.43. The summed E-state index contributed by atoms with van der Waals surface area (Å²) in [7, 11) is 3.18. The molecule has 1 fully saturated rings. The second-order valence-corrected chi connectivity index (χ2v) is 6.02. The molecule has 0 bridgehead atoms. The zero-order valence-electron chi connectivity index (χ0n) is 13.1. The van der Waals surface area contributed by atoms with Gasteiger partial charge in [0.2, 0.25) is 5.91 Å². The molecular weight excluding hydrogens is 314 g/mol. The molecule has 1 saturated carbocycles. The first kappa shape index (κ1) is 15.7. The highest BCUT2D eigenvalue weighted by Gasteiger charge is 2.51. The van der Waals surface area contributed by atoms with Gasteiger partial charge in [-0.25, -0.2) is 0 Å². The fourth-order valence-corrected chi connectivity index (χ4v) is 2.93. The first-order chi connectivity index (χ1) is 11.1. The Bertz CT molecular complexity index is 724. The van der Waals surface area contributed by atoms with Crippen LogP contribution in [0.2, 0.25) is 5.02 Å². The summed E-state index contributed by atoms with van der Waals surface area (Å²) >= 11 is 6.10. The molecule has 2 aromatic rings. The Morgan fingerprint density at radius 1 is 1.09 bits per heavy atom. The van der Waals surface area contributed by atoms with Gasteiger partial charge in [-0.3, -0.25) is 4.79 Å². The van der Waals surface area contributed by atoms with E-state index in [0.29, 0.717) is 16.5 Å². The van der Waals surface area contributed by atoms with Crippen molar-refractivity contribution in [2.45, 2.75) is 18.3 Å². The van der Waals surface area contributed by atoms with Crippen molar-refractivity contribution in [2.24, 2.45) is 0 Å². The van der Waals surface area contributed by atoms with Crippen molar-refractivity contribution in [2.75, 3.05) is 19.5 Å². The molecule has 0 unspecified atom stereocenters. The number of carbonyl (C=O) groups excluding carboxylic acids is 1. The molecule has 5 heteroatoms. The second-order valence-electron chi connectivity index (χ2n) is 5.61. The molecule has 0 saturated heterocycles. The predicted molar refractivity (Wildman–Crippen MR) is 90.5 cm³/mol. The van der Waals surface area contributed by atoms with Crippen LogP contribution in [-0.4, -0.2) is 20.1 Å². The van der Waals surface area contributed by atoms with Gasteiger partial charge in [0.05, 0.1) is 24.7 Å². The van der Waals surface area contributed by atoms with E-state index in [0.717, 1.165) is 24.2 Å². The predicted octanol–water partition coefficient (Wildman–Crippen LogP) is 4.03. The third-order valence-electron chi connectivity index (χ3n) is 4.24. The van der Waals surface area contributed by atoms with Gasteiger partial charge in [0.15, 0.2) is 0 Å². The van der Waals surface area contributed by atoms with Crippen molar-refractivity contribution >= 4 is 23.2 Å².